The van der Waals surface area contributed by atoms with Crippen molar-refractivity contribution in [3.05, 3.63) is 18.3 Å². The molecule has 0 saturated carbocycles. The van der Waals surface area contributed by atoms with Crippen molar-refractivity contribution in [2.45, 2.75) is 37.6 Å². The molecule has 5 nitrogen and oxygen atoms in total. The molecular formula is C12H19N3O2S. The number of nitrogens with zero attached hydrogens (tertiary/aromatic N) is 2. The molecule has 0 aliphatic carbocycles. The number of rotatable bonds is 0. The van der Waals surface area contributed by atoms with E-state index in [1.54, 1.807) is 18.3 Å². The van der Waals surface area contributed by atoms with Gasteiger partial charge in [-0.15, -0.1) is 0 Å². The van der Waals surface area contributed by atoms with Crippen LogP contribution in [-0.2, 0) is 10.0 Å². The van der Waals surface area contributed by atoms with Crippen LogP contribution in [0.4, 0.5) is 5.82 Å². The zero-order valence-electron chi connectivity index (χ0n) is 9.68. The molecule has 2 aliphatic rings. The Morgan fingerprint density at radius 3 is 3.06 bits per heavy atom. The van der Waals surface area contributed by atoms with Gasteiger partial charge in [0.2, 0.25) is 10.0 Å². The van der Waals surface area contributed by atoms with Crippen molar-refractivity contribution in [2.75, 3.05) is 18.0 Å². The van der Waals surface area contributed by atoms with Crippen LogP contribution in [-0.4, -0.2) is 32.0 Å². The highest BCUT2D eigenvalue weighted by atomic mass is 32.2. The fraction of sp³-hybridized carbons (Fsp3) is 0.583. The van der Waals surface area contributed by atoms with Crippen LogP contribution in [0, 0.1) is 0 Å². The number of anilines is 1. The van der Waals surface area contributed by atoms with Crippen molar-refractivity contribution < 1.29 is 8.42 Å². The first kappa shape index (κ1) is 13.3. The lowest BCUT2D eigenvalue weighted by Crippen LogP contribution is -2.47. The molecule has 3 rings (SSSR count). The minimum atomic E-state index is -3.41. The average Bonchev–Trinajstić information content (AvgIpc) is 2.66. The van der Waals surface area contributed by atoms with Crippen molar-refractivity contribution >= 4 is 15.8 Å². The second kappa shape index (κ2) is 4.20. The highest BCUT2D eigenvalue weighted by molar-refractivity contribution is 7.89. The molecule has 18 heavy (non-hydrogen) atoms. The standard InChI is InChI=1S/C11H15N3O2S.CH4/c1-11-5-3-7-14(11)10-9(4-2-6-12-10)17(15,16)13-8-11;/h2,4,6,13H,3,5,7-8H2,1H3;1H4. The summed E-state index contributed by atoms with van der Waals surface area (Å²) in [6.45, 7) is 3.41. The van der Waals surface area contributed by atoms with Gasteiger partial charge in [-0.2, -0.15) is 0 Å². The number of hydrogen-bond acceptors (Lipinski definition) is 4. The first-order valence-electron chi connectivity index (χ1n) is 5.75. The zero-order chi connectivity index (χ0) is 12.1. The molecule has 1 aromatic heterocycles. The maximum absolute atomic E-state index is 12.1. The minimum absolute atomic E-state index is 0. The van der Waals surface area contributed by atoms with Gasteiger partial charge in [-0.3, -0.25) is 0 Å². The lowest BCUT2D eigenvalue weighted by Gasteiger charge is -2.34. The Morgan fingerprint density at radius 2 is 2.28 bits per heavy atom. The van der Waals surface area contributed by atoms with Crippen LogP contribution in [0.2, 0.25) is 0 Å². The number of nitrogens with one attached hydrogen (secondary N) is 1. The van der Waals surface area contributed by atoms with E-state index < -0.39 is 10.0 Å². The monoisotopic (exact) mass is 269 g/mol. The van der Waals surface area contributed by atoms with Gasteiger partial charge >= 0.3 is 0 Å². The predicted octanol–water partition coefficient (Wildman–Crippen LogP) is 1.37. The Labute approximate surface area is 108 Å². The lowest BCUT2D eigenvalue weighted by atomic mass is 9.99. The summed E-state index contributed by atoms with van der Waals surface area (Å²) in [7, 11) is -3.41. The first-order chi connectivity index (χ1) is 8.03. The Balaban J connectivity index is 0.00000120. The van der Waals surface area contributed by atoms with Gasteiger partial charge in [0.1, 0.15) is 10.7 Å². The Bertz CT molecular complexity index is 558. The van der Waals surface area contributed by atoms with Crippen LogP contribution in [0.15, 0.2) is 23.2 Å². The summed E-state index contributed by atoms with van der Waals surface area (Å²) in [6.07, 6.45) is 3.72. The second-order valence-corrected chi connectivity index (χ2v) is 6.64. The van der Waals surface area contributed by atoms with Gasteiger partial charge in [0.05, 0.1) is 5.54 Å². The van der Waals surface area contributed by atoms with E-state index in [4.69, 9.17) is 0 Å². The van der Waals surface area contributed by atoms with E-state index in [9.17, 15) is 8.42 Å². The number of aromatic nitrogens is 1. The summed E-state index contributed by atoms with van der Waals surface area (Å²) in [5, 5.41) is 0. The Hall–Kier alpha value is -1.14. The van der Waals surface area contributed by atoms with E-state index in [0.717, 1.165) is 19.4 Å². The smallest absolute Gasteiger partial charge is 0.244 e. The summed E-state index contributed by atoms with van der Waals surface area (Å²) >= 11 is 0. The van der Waals surface area contributed by atoms with Crippen LogP contribution in [0.25, 0.3) is 0 Å². The molecule has 0 bridgehead atoms. The maximum Gasteiger partial charge on any atom is 0.244 e. The average molecular weight is 269 g/mol. The first-order valence-corrected chi connectivity index (χ1v) is 7.24. The topological polar surface area (TPSA) is 62.3 Å². The summed E-state index contributed by atoms with van der Waals surface area (Å²) in [5.74, 6) is 0.595. The van der Waals surface area contributed by atoms with Gasteiger partial charge in [0.15, 0.2) is 0 Å². The van der Waals surface area contributed by atoms with Gasteiger partial charge in [0, 0.05) is 19.3 Å². The van der Waals surface area contributed by atoms with E-state index in [0.29, 0.717) is 17.3 Å². The largest absolute Gasteiger partial charge is 0.349 e. The molecule has 1 unspecified atom stereocenters. The molecular weight excluding hydrogens is 250 g/mol. The van der Waals surface area contributed by atoms with Crippen molar-refractivity contribution in [3.63, 3.8) is 0 Å². The highest BCUT2D eigenvalue weighted by Gasteiger charge is 2.43. The van der Waals surface area contributed by atoms with Gasteiger partial charge in [-0.1, -0.05) is 7.43 Å². The van der Waals surface area contributed by atoms with Crippen LogP contribution in [0.1, 0.15) is 27.2 Å². The van der Waals surface area contributed by atoms with E-state index in [2.05, 4.69) is 21.5 Å². The van der Waals surface area contributed by atoms with Gasteiger partial charge in [0.25, 0.3) is 0 Å². The molecule has 0 amide bonds. The summed E-state index contributed by atoms with van der Waals surface area (Å²) in [5.41, 5.74) is -0.146. The number of fused-ring (bicyclic) bond motifs is 3. The second-order valence-electron chi connectivity index (χ2n) is 4.90. The predicted molar refractivity (Wildman–Crippen MR) is 71.1 cm³/mol. The Kier molecular flexibility index (Phi) is 3.11. The quantitative estimate of drug-likeness (QED) is 0.772. The Morgan fingerprint density at radius 1 is 1.50 bits per heavy atom. The molecule has 1 fully saturated rings. The molecule has 0 aromatic carbocycles. The SMILES string of the molecule is C.CC12CCCN1c1ncccc1S(=O)(=O)NC2. The molecule has 0 spiro atoms. The van der Waals surface area contributed by atoms with E-state index >= 15 is 0 Å². The molecule has 1 atom stereocenters. The summed E-state index contributed by atoms with van der Waals surface area (Å²) in [4.78, 5) is 6.69. The molecule has 1 aromatic rings. The van der Waals surface area contributed by atoms with Crippen LogP contribution < -0.4 is 9.62 Å². The minimum Gasteiger partial charge on any atom is -0.349 e. The van der Waals surface area contributed by atoms with Crippen molar-refractivity contribution in [2.24, 2.45) is 0 Å². The van der Waals surface area contributed by atoms with Crippen LogP contribution in [0.5, 0.6) is 0 Å². The van der Waals surface area contributed by atoms with Crippen LogP contribution >= 0.6 is 0 Å². The third kappa shape index (κ3) is 1.80. The summed E-state index contributed by atoms with van der Waals surface area (Å²) in [6, 6.07) is 3.28. The molecule has 6 heteroatoms. The molecule has 2 aliphatic heterocycles. The van der Waals surface area contributed by atoms with E-state index in [-0.39, 0.29) is 13.0 Å². The van der Waals surface area contributed by atoms with Gasteiger partial charge in [-0.05, 0) is 31.9 Å². The third-order valence-electron chi connectivity index (χ3n) is 3.69. The van der Waals surface area contributed by atoms with Crippen molar-refractivity contribution in [1.29, 1.82) is 0 Å². The van der Waals surface area contributed by atoms with Gasteiger partial charge < -0.3 is 4.90 Å². The molecule has 100 valence electrons. The van der Waals surface area contributed by atoms with Crippen molar-refractivity contribution in [3.8, 4) is 0 Å². The molecule has 0 radical (unpaired) electrons. The normalized spacial score (nSPS) is 28.8. The zero-order valence-corrected chi connectivity index (χ0v) is 10.5. The van der Waals surface area contributed by atoms with Gasteiger partial charge in [-0.25, -0.2) is 18.1 Å². The van der Waals surface area contributed by atoms with Crippen LogP contribution in [0.3, 0.4) is 0 Å². The fourth-order valence-electron chi connectivity index (χ4n) is 2.69. The molecule has 1 N–H and O–H groups in total. The third-order valence-corrected chi connectivity index (χ3v) is 5.11. The number of pyridine rings is 1. The maximum atomic E-state index is 12.1. The molecule has 3 heterocycles. The highest BCUT2D eigenvalue weighted by Crippen LogP contribution is 2.37. The van der Waals surface area contributed by atoms with Crippen molar-refractivity contribution in [1.82, 2.24) is 9.71 Å². The number of sulfonamides is 1. The lowest BCUT2D eigenvalue weighted by molar-refractivity contribution is 0.460. The number of hydrogen-bond donors (Lipinski definition) is 1. The fourth-order valence-corrected chi connectivity index (χ4v) is 4.01. The molecule has 1 saturated heterocycles. The summed E-state index contributed by atoms with van der Waals surface area (Å²) < 4.78 is 26.9. The van der Waals surface area contributed by atoms with E-state index in [1.807, 2.05) is 0 Å². The van der Waals surface area contributed by atoms with E-state index in [1.165, 1.54) is 0 Å².